The highest BCUT2D eigenvalue weighted by Crippen LogP contribution is 2.49. The summed E-state index contributed by atoms with van der Waals surface area (Å²) in [5, 5.41) is 4.12. The second-order valence-corrected chi connectivity index (χ2v) is 6.81. The lowest BCUT2D eigenvalue weighted by atomic mass is 9.96. The number of nitrogens with two attached hydrogens (primary N) is 1. The zero-order chi connectivity index (χ0) is 18.5. The van der Waals surface area contributed by atoms with Crippen LogP contribution in [0.2, 0.25) is 0 Å². The van der Waals surface area contributed by atoms with Crippen molar-refractivity contribution >= 4 is 28.6 Å². The fourth-order valence-electron chi connectivity index (χ4n) is 3.59. The summed E-state index contributed by atoms with van der Waals surface area (Å²) in [6, 6.07) is 5.91. The molecule has 1 aliphatic rings. The van der Waals surface area contributed by atoms with Gasteiger partial charge in [0, 0.05) is 6.07 Å². The van der Waals surface area contributed by atoms with Gasteiger partial charge in [-0.25, -0.2) is 0 Å². The number of hydrogen-bond donors (Lipinski definition) is 1. The molecule has 1 aliphatic heterocycles. The molecule has 3 rings (SSSR count). The van der Waals surface area contributed by atoms with E-state index in [9.17, 15) is 9.59 Å². The van der Waals surface area contributed by atoms with Crippen LogP contribution in [0.3, 0.4) is 0 Å². The number of primary amides is 1. The normalized spacial score (nSPS) is 15.4. The Hall–Kier alpha value is -2.73. The van der Waals surface area contributed by atoms with Crippen LogP contribution in [-0.2, 0) is 16.0 Å². The summed E-state index contributed by atoms with van der Waals surface area (Å²) in [4.78, 5) is 24.5. The Morgan fingerprint density at radius 1 is 1.24 bits per heavy atom. The molecule has 2 heterocycles. The second-order valence-electron chi connectivity index (χ2n) is 6.81. The number of amides is 1. The summed E-state index contributed by atoms with van der Waals surface area (Å²) in [6.45, 7) is 5.74. The van der Waals surface area contributed by atoms with Gasteiger partial charge in [0.1, 0.15) is 22.6 Å². The van der Waals surface area contributed by atoms with Gasteiger partial charge in [-0.3, -0.25) is 14.1 Å². The molecule has 1 amide bonds. The van der Waals surface area contributed by atoms with Crippen molar-refractivity contribution in [2.24, 2.45) is 5.73 Å². The molecule has 130 valence electrons. The lowest BCUT2D eigenvalue weighted by molar-refractivity contribution is -0.132. The topological polar surface area (TPSA) is 86.2 Å². The van der Waals surface area contributed by atoms with Gasteiger partial charge in [0.15, 0.2) is 5.70 Å². The van der Waals surface area contributed by atoms with E-state index >= 15 is 0 Å². The van der Waals surface area contributed by atoms with Gasteiger partial charge in [0.2, 0.25) is 0 Å². The van der Waals surface area contributed by atoms with Crippen LogP contribution < -0.4 is 10.2 Å². The maximum absolute atomic E-state index is 12.7. The van der Waals surface area contributed by atoms with E-state index in [1.807, 2.05) is 53.1 Å². The molecule has 2 N–H and O–H groups in total. The number of ketones is 1. The van der Waals surface area contributed by atoms with Gasteiger partial charge in [-0.2, -0.15) is 0 Å². The van der Waals surface area contributed by atoms with Crippen molar-refractivity contribution in [2.45, 2.75) is 27.2 Å². The average Bonchev–Trinajstić information content (AvgIpc) is 3.00. The fraction of sp³-hybridized carbons (Fsp3) is 0.316. The van der Waals surface area contributed by atoms with E-state index in [0.29, 0.717) is 27.9 Å². The molecular formula is C19H22N3O3+. The molecule has 0 spiro atoms. The number of quaternary nitrogens is 1. The molecule has 6 nitrogen and oxygen atoms in total. The Balaban J connectivity index is 2.44. The molecule has 25 heavy (non-hydrogen) atoms. The molecular weight excluding hydrogens is 318 g/mol. The highest BCUT2D eigenvalue weighted by molar-refractivity contribution is 6.56. The van der Waals surface area contributed by atoms with Crippen LogP contribution >= 0.6 is 0 Å². The van der Waals surface area contributed by atoms with Crippen molar-refractivity contribution in [1.82, 2.24) is 9.64 Å². The minimum absolute atomic E-state index is 0.318. The van der Waals surface area contributed by atoms with E-state index in [1.165, 1.54) is 0 Å². The summed E-state index contributed by atoms with van der Waals surface area (Å²) < 4.78 is 5.70. The third-order valence-electron chi connectivity index (χ3n) is 4.78. The lowest BCUT2D eigenvalue weighted by Gasteiger charge is -2.27. The minimum atomic E-state index is -0.964. The number of rotatable bonds is 4. The third-order valence-corrected chi connectivity index (χ3v) is 4.78. The number of fused-ring (bicyclic) bond motifs is 1. The van der Waals surface area contributed by atoms with Gasteiger partial charge in [-0.15, -0.1) is 0 Å². The predicted octanol–water partition coefficient (Wildman–Crippen LogP) is 2.36. The molecule has 0 bridgehead atoms. The number of benzene rings is 1. The van der Waals surface area contributed by atoms with Crippen LogP contribution in [0, 0.1) is 13.8 Å². The van der Waals surface area contributed by atoms with Crippen molar-refractivity contribution in [2.75, 3.05) is 14.1 Å². The fourth-order valence-corrected chi connectivity index (χ4v) is 3.59. The maximum Gasteiger partial charge on any atom is 0.290 e. The first-order valence-corrected chi connectivity index (χ1v) is 8.20. The number of aromatic nitrogens is 1. The molecule has 2 aromatic rings. The van der Waals surface area contributed by atoms with Crippen molar-refractivity contribution in [3.05, 3.63) is 46.3 Å². The van der Waals surface area contributed by atoms with E-state index < -0.39 is 11.7 Å². The largest absolute Gasteiger partial charge is 0.363 e. The summed E-state index contributed by atoms with van der Waals surface area (Å²) in [5.74, 6) is -1.03. The van der Waals surface area contributed by atoms with E-state index in [0.717, 1.165) is 28.1 Å². The van der Waals surface area contributed by atoms with Crippen LogP contribution in [0.1, 0.15) is 35.1 Å². The molecule has 0 fully saturated rings. The Labute approximate surface area is 146 Å². The summed E-state index contributed by atoms with van der Waals surface area (Å²) in [6.07, 6.45) is 0.656. The minimum Gasteiger partial charge on any atom is -0.363 e. The molecule has 0 atom stereocenters. The first kappa shape index (κ1) is 17.1. The third kappa shape index (κ3) is 2.41. The zero-order valence-electron chi connectivity index (χ0n) is 15.1. The lowest BCUT2D eigenvalue weighted by Crippen LogP contribution is -2.37. The van der Waals surface area contributed by atoms with Crippen LogP contribution in [0.15, 0.2) is 22.7 Å². The van der Waals surface area contributed by atoms with Crippen LogP contribution in [-0.4, -0.2) is 30.9 Å². The molecule has 1 aromatic heterocycles. The van der Waals surface area contributed by atoms with Gasteiger partial charge in [-0.05, 0) is 26.3 Å². The van der Waals surface area contributed by atoms with E-state index in [4.69, 9.17) is 10.3 Å². The van der Waals surface area contributed by atoms with E-state index in [2.05, 4.69) is 5.16 Å². The van der Waals surface area contributed by atoms with Gasteiger partial charge in [0.25, 0.3) is 11.7 Å². The standard InChI is InChI=1S/C19H21N3O3/c1-6-13-15(11(3)25-21-13)17-16(18(23)19(20)24)12-9-10(2)7-8-14(12)22(17,4)5/h7-9H,6H2,1-5H3,(H-,20,24)/p+1. The van der Waals surface area contributed by atoms with Gasteiger partial charge in [-0.1, -0.05) is 23.7 Å². The number of carbonyl (C=O) groups is 2. The van der Waals surface area contributed by atoms with Crippen molar-refractivity contribution in [3.8, 4) is 0 Å². The summed E-state index contributed by atoms with van der Waals surface area (Å²) in [5.41, 5.74) is 10.6. The molecule has 6 heteroatoms. The SMILES string of the molecule is CCc1noc(C)c1C1=C(C(=O)C(N)=O)c2cc(C)ccc2[N+]1(C)C. The first-order valence-electron chi connectivity index (χ1n) is 8.20. The van der Waals surface area contributed by atoms with Crippen LogP contribution in [0.25, 0.3) is 11.3 Å². The second kappa shape index (κ2) is 5.67. The highest BCUT2D eigenvalue weighted by atomic mass is 16.5. The van der Waals surface area contributed by atoms with Crippen molar-refractivity contribution < 1.29 is 14.1 Å². The number of hydrogen-bond acceptors (Lipinski definition) is 4. The molecule has 0 saturated heterocycles. The predicted molar refractivity (Wildman–Crippen MR) is 96.5 cm³/mol. The number of carbonyl (C=O) groups excluding carboxylic acids is 2. The number of aryl methyl sites for hydroxylation is 3. The zero-order valence-corrected chi connectivity index (χ0v) is 15.1. The van der Waals surface area contributed by atoms with Crippen LogP contribution in [0.5, 0.6) is 0 Å². The Bertz CT molecular complexity index is 935. The monoisotopic (exact) mass is 340 g/mol. The van der Waals surface area contributed by atoms with Gasteiger partial charge >= 0.3 is 0 Å². The smallest absolute Gasteiger partial charge is 0.290 e. The number of nitrogens with zero attached hydrogens (tertiary/aromatic N) is 2. The molecule has 0 aliphatic carbocycles. The van der Waals surface area contributed by atoms with Gasteiger partial charge in [0.05, 0.1) is 25.4 Å². The quantitative estimate of drug-likeness (QED) is 0.684. The Morgan fingerprint density at radius 2 is 1.92 bits per heavy atom. The Kier molecular flexibility index (Phi) is 3.88. The van der Waals surface area contributed by atoms with Crippen molar-refractivity contribution in [3.63, 3.8) is 0 Å². The maximum atomic E-state index is 12.7. The van der Waals surface area contributed by atoms with Crippen LogP contribution in [0.4, 0.5) is 5.69 Å². The molecule has 0 radical (unpaired) electrons. The van der Waals surface area contributed by atoms with E-state index in [1.54, 1.807) is 0 Å². The number of Topliss-reactive ketones (excluding diaryl/α,β-unsaturated/α-hetero) is 1. The average molecular weight is 340 g/mol. The van der Waals surface area contributed by atoms with Crippen molar-refractivity contribution in [1.29, 1.82) is 0 Å². The Morgan fingerprint density at radius 3 is 2.52 bits per heavy atom. The molecule has 0 saturated carbocycles. The summed E-state index contributed by atoms with van der Waals surface area (Å²) in [7, 11) is 3.97. The first-order chi connectivity index (χ1) is 11.7. The molecule has 0 unspecified atom stereocenters. The highest BCUT2D eigenvalue weighted by Gasteiger charge is 2.46. The van der Waals surface area contributed by atoms with Gasteiger partial charge < -0.3 is 10.3 Å². The van der Waals surface area contributed by atoms with E-state index in [-0.39, 0.29) is 0 Å². The summed E-state index contributed by atoms with van der Waals surface area (Å²) >= 11 is 0. The molecule has 1 aromatic carbocycles.